The molecular weight excluding hydrogens is 377 g/mol. The number of alkyl halides is 3. The number of unbranched alkanes of at least 4 members (excludes halogenated alkanes) is 1. The van der Waals surface area contributed by atoms with Crippen molar-refractivity contribution in [3.8, 4) is 0 Å². The highest BCUT2D eigenvalue weighted by molar-refractivity contribution is 7.97. The van der Waals surface area contributed by atoms with Crippen LogP contribution in [0.3, 0.4) is 0 Å². The number of hydrogen-bond donors (Lipinski definition) is 0. The number of halogens is 3. The fourth-order valence-electron chi connectivity index (χ4n) is 3.65. The van der Waals surface area contributed by atoms with Gasteiger partial charge in [-0.15, -0.1) is 0 Å². The highest BCUT2D eigenvalue weighted by atomic mass is 32.2. The van der Waals surface area contributed by atoms with Crippen LogP contribution in [-0.2, 0) is 18.0 Å². The molecule has 0 radical (unpaired) electrons. The van der Waals surface area contributed by atoms with Gasteiger partial charge in [0.1, 0.15) is 5.03 Å². The third-order valence-corrected chi connectivity index (χ3v) is 5.98. The van der Waals surface area contributed by atoms with Crippen molar-refractivity contribution in [3.63, 3.8) is 0 Å². The molecule has 0 amide bonds. The lowest BCUT2D eigenvalue weighted by Gasteiger charge is -2.60. The molecule has 5 nitrogen and oxygen atoms in total. The van der Waals surface area contributed by atoms with Crippen molar-refractivity contribution in [1.29, 1.82) is 0 Å². The summed E-state index contributed by atoms with van der Waals surface area (Å²) in [5.41, 5.74) is -0.559. The lowest BCUT2D eigenvalue weighted by molar-refractivity contribution is -0.141. The molecule has 27 heavy (non-hydrogen) atoms. The Bertz CT molecular complexity index is 642. The monoisotopic (exact) mass is 406 g/mol. The number of aryl methyl sites for hydroxylation is 1. The van der Waals surface area contributed by atoms with E-state index in [0.29, 0.717) is 10.4 Å². The van der Waals surface area contributed by atoms with Crippen molar-refractivity contribution in [2.24, 2.45) is 12.5 Å². The number of nitrogens with zero attached hydrogens (tertiary/aromatic N) is 4. The van der Waals surface area contributed by atoms with Gasteiger partial charge in [-0.1, -0.05) is 0 Å². The van der Waals surface area contributed by atoms with E-state index in [1.165, 1.54) is 16.6 Å². The molecular formula is C18H29F3N4OS. The molecule has 3 heterocycles. The zero-order valence-corrected chi connectivity index (χ0v) is 17.3. The summed E-state index contributed by atoms with van der Waals surface area (Å²) >= 11 is 1.37. The predicted octanol–water partition coefficient (Wildman–Crippen LogP) is 3.66. The highest BCUT2D eigenvalue weighted by Gasteiger charge is 2.51. The lowest BCUT2D eigenvalue weighted by atomic mass is 9.74. The van der Waals surface area contributed by atoms with Crippen molar-refractivity contribution in [1.82, 2.24) is 19.0 Å². The molecule has 0 aliphatic carbocycles. The minimum absolute atomic E-state index is 0.0669. The summed E-state index contributed by atoms with van der Waals surface area (Å²) in [4.78, 5) is 2.46. The van der Waals surface area contributed by atoms with E-state index in [4.69, 9.17) is 4.74 Å². The van der Waals surface area contributed by atoms with Gasteiger partial charge in [0.15, 0.2) is 5.69 Å². The van der Waals surface area contributed by atoms with Crippen LogP contribution in [-0.4, -0.2) is 63.9 Å². The molecule has 0 unspecified atom stereocenters. The summed E-state index contributed by atoms with van der Waals surface area (Å²) in [6.45, 7) is 12.1. The molecule has 1 spiro atoms. The van der Waals surface area contributed by atoms with Crippen LogP contribution in [0.15, 0.2) is 11.1 Å². The predicted molar refractivity (Wildman–Crippen MR) is 99.5 cm³/mol. The first-order valence-corrected chi connectivity index (χ1v) is 10.1. The van der Waals surface area contributed by atoms with Gasteiger partial charge >= 0.3 is 6.18 Å². The second kappa shape index (κ2) is 7.57. The molecule has 2 aliphatic heterocycles. The fraction of sp³-hybridized carbons (Fsp3) is 0.833. The van der Waals surface area contributed by atoms with E-state index in [-0.39, 0.29) is 5.60 Å². The summed E-state index contributed by atoms with van der Waals surface area (Å²) in [7, 11) is 1.56. The standard InChI is InChI=1S/C18H29F3N4OS/c1-16(2,3)26-8-6-5-7-24-10-17(11-24)12-25(13-17)27-15-9-14(18(19,20)21)22-23(15)4/h9H,5-8,10-13H2,1-4H3. The third kappa shape index (κ3) is 5.40. The van der Waals surface area contributed by atoms with Crippen LogP contribution in [0.25, 0.3) is 0 Å². The maximum atomic E-state index is 12.7. The molecule has 1 aromatic heterocycles. The Hall–Kier alpha value is -0.770. The Morgan fingerprint density at radius 1 is 1.15 bits per heavy atom. The van der Waals surface area contributed by atoms with Crippen LogP contribution in [0.2, 0.25) is 0 Å². The first-order valence-electron chi connectivity index (χ1n) is 9.36. The van der Waals surface area contributed by atoms with E-state index >= 15 is 0 Å². The molecule has 9 heteroatoms. The fourth-order valence-corrected chi connectivity index (χ4v) is 4.91. The first-order chi connectivity index (χ1) is 12.5. The SMILES string of the molecule is Cn1nc(C(F)(F)F)cc1SN1CC2(CN(CCCCOC(C)(C)C)C2)C1. The van der Waals surface area contributed by atoms with Crippen LogP contribution in [0.1, 0.15) is 39.3 Å². The number of likely N-dealkylation sites (tertiary alicyclic amines) is 1. The van der Waals surface area contributed by atoms with Gasteiger partial charge in [-0.2, -0.15) is 18.3 Å². The molecule has 0 N–H and O–H groups in total. The van der Waals surface area contributed by atoms with E-state index in [1.807, 2.05) is 0 Å². The summed E-state index contributed by atoms with van der Waals surface area (Å²) < 4.78 is 47.4. The minimum Gasteiger partial charge on any atom is -0.376 e. The van der Waals surface area contributed by atoms with Crippen LogP contribution in [0, 0.1) is 5.41 Å². The summed E-state index contributed by atoms with van der Waals surface area (Å²) in [5.74, 6) is 0. The van der Waals surface area contributed by atoms with Crippen molar-refractivity contribution in [2.45, 2.75) is 50.4 Å². The molecule has 0 atom stereocenters. The average molecular weight is 407 g/mol. The maximum Gasteiger partial charge on any atom is 0.435 e. The zero-order chi connectivity index (χ0) is 19.9. The van der Waals surface area contributed by atoms with Gasteiger partial charge in [-0.25, -0.2) is 4.31 Å². The molecule has 2 aliphatic rings. The van der Waals surface area contributed by atoms with Crippen LogP contribution in [0.5, 0.6) is 0 Å². The lowest BCUT2D eigenvalue weighted by Crippen LogP contribution is -2.70. The van der Waals surface area contributed by atoms with E-state index in [1.54, 1.807) is 7.05 Å². The normalized spacial score (nSPS) is 20.7. The Kier molecular flexibility index (Phi) is 5.88. The van der Waals surface area contributed by atoms with Gasteiger partial charge in [0, 0.05) is 51.3 Å². The Balaban J connectivity index is 1.33. The van der Waals surface area contributed by atoms with Gasteiger partial charge in [0.2, 0.25) is 0 Å². The molecule has 1 aromatic rings. The van der Waals surface area contributed by atoms with E-state index in [0.717, 1.165) is 58.2 Å². The zero-order valence-electron chi connectivity index (χ0n) is 16.5. The largest absolute Gasteiger partial charge is 0.435 e. The van der Waals surface area contributed by atoms with Crippen LogP contribution >= 0.6 is 11.9 Å². The number of aromatic nitrogens is 2. The van der Waals surface area contributed by atoms with E-state index in [2.05, 4.69) is 35.1 Å². The van der Waals surface area contributed by atoms with Gasteiger partial charge in [-0.05, 0) is 52.1 Å². The summed E-state index contributed by atoms with van der Waals surface area (Å²) in [6, 6.07) is 1.13. The topological polar surface area (TPSA) is 33.5 Å². The maximum absolute atomic E-state index is 12.7. The van der Waals surface area contributed by atoms with Crippen molar-refractivity contribution >= 4 is 11.9 Å². The van der Waals surface area contributed by atoms with Crippen molar-refractivity contribution < 1.29 is 17.9 Å². The second-order valence-electron chi connectivity index (χ2n) is 8.76. The van der Waals surface area contributed by atoms with Crippen molar-refractivity contribution in [3.05, 3.63) is 11.8 Å². The quantitative estimate of drug-likeness (QED) is 0.510. The summed E-state index contributed by atoms with van der Waals surface area (Å²) in [5, 5.41) is 4.10. The van der Waals surface area contributed by atoms with Gasteiger partial charge in [0.25, 0.3) is 0 Å². The van der Waals surface area contributed by atoms with Crippen LogP contribution < -0.4 is 0 Å². The van der Waals surface area contributed by atoms with Gasteiger partial charge < -0.3 is 9.64 Å². The third-order valence-electron chi connectivity index (χ3n) is 4.90. The van der Waals surface area contributed by atoms with E-state index in [9.17, 15) is 13.2 Å². The number of rotatable bonds is 7. The first kappa shape index (κ1) is 21.0. The molecule has 3 rings (SSSR count). The second-order valence-corrected chi connectivity index (χ2v) is 9.87. The molecule has 0 bridgehead atoms. The van der Waals surface area contributed by atoms with Crippen LogP contribution in [0.4, 0.5) is 13.2 Å². The van der Waals surface area contributed by atoms with E-state index < -0.39 is 11.9 Å². The van der Waals surface area contributed by atoms with Gasteiger partial charge in [0.05, 0.1) is 5.60 Å². The smallest absolute Gasteiger partial charge is 0.376 e. The average Bonchev–Trinajstić information content (AvgIpc) is 2.81. The Labute approximate surface area is 163 Å². The number of hydrogen-bond acceptors (Lipinski definition) is 5. The Morgan fingerprint density at radius 2 is 1.81 bits per heavy atom. The highest BCUT2D eigenvalue weighted by Crippen LogP contribution is 2.44. The van der Waals surface area contributed by atoms with Crippen molar-refractivity contribution in [2.75, 3.05) is 39.3 Å². The summed E-state index contributed by atoms with van der Waals surface area (Å²) in [6.07, 6.45) is -2.18. The molecule has 2 fully saturated rings. The number of ether oxygens (including phenoxy) is 1. The molecule has 2 saturated heterocycles. The Morgan fingerprint density at radius 3 is 2.37 bits per heavy atom. The molecule has 0 saturated carbocycles. The molecule has 0 aromatic carbocycles. The minimum atomic E-state index is -4.39. The van der Waals surface area contributed by atoms with Gasteiger partial charge in [-0.3, -0.25) is 4.68 Å². The molecule has 154 valence electrons.